The highest BCUT2D eigenvalue weighted by atomic mass is 28.4. The molecule has 1 heterocycles. The number of Topliss-reactive ketones (excluding diaryl/α,β-unsaturated/α-hetero) is 1. The minimum atomic E-state index is -1.90. The molecule has 3 rings (SSSR count). The van der Waals surface area contributed by atoms with Gasteiger partial charge >= 0.3 is 0 Å². The second-order valence-corrected chi connectivity index (χ2v) is 13.7. The van der Waals surface area contributed by atoms with Gasteiger partial charge in [-0.15, -0.1) is 0 Å². The van der Waals surface area contributed by atoms with Gasteiger partial charge in [-0.1, -0.05) is 51.1 Å². The number of nitrogens with one attached hydrogen (secondary N) is 1. The van der Waals surface area contributed by atoms with Crippen molar-refractivity contribution in [2.24, 2.45) is 0 Å². The standard InChI is InChI=1S/C22H30N2O2Si/c1-21(2,3)27(4,5)26-15-14-22(17-11-7-8-12-18(17)23)20(25)16-10-6-9-13-19(16)24-22/h6-13,24H,14-15,23H2,1-5H3. The van der Waals surface area contributed by atoms with E-state index in [2.05, 4.69) is 39.2 Å². The molecule has 144 valence electrons. The molecule has 3 N–H and O–H groups in total. The Morgan fingerprint density at radius 3 is 2.33 bits per heavy atom. The Morgan fingerprint density at radius 2 is 1.70 bits per heavy atom. The molecule has 2 aromatic rings. The van der Waals surface area contributed by atoms with E-state index in [-0.39, 0.29) is 10.8 Å². The smallest absolute Gasteiger partial charge is 0.194 e. The van der Waals surface area contributed by atoms with Gasteiger partial charge in [-0.05, 0) is 36.3 Å². The second kappa shape index (κ2) is 6.80. The number of anilines is 2. The Morgan fingerprint density at radius 1 is 1.07 bits per heavy atom. The molecule has 2 aromatic carbocycles. The van der Waals surface area contributed by atoms with Crippen molar-refractivity contribution in [1.29, 1.82) is 0 Å². The number of fused-ring (bicyclic) bond motifs is 1. The largest absolute Gasteiger partial charge is 0.417 e. The van der Waals surface area contributed by atoms with E-state index in [0.717, 1.165) is 11.3 Å². The van der Waals surface area contributed by atoms with E-state index in [9.17, 15) is 4.79 Å². The van der Waals surface area contributed by atoms with Crippen LogP contribution in [0.5, 0.6) is 0 Å². The highest BCUT2D eigenvalue weighted by molar-refractivity contribution is 6.74. The van der Waals surface area contributed by atoms with Crippen LogP contribution in [0.1, 0.15) is 43.1 Å². The maximum Gasteiger partial charge on any atom is 0.194 e. The first kappa shape index (κ1) is 19.6. The van der Waals surface area contributed by atoms with E-state index in [1.165, 1.54) is 0 Å². The van der Waals surface area contributed by atoms with Crippen molar-refractivity contribution in [3.05, 3.63) is 59.7 Å². The zero-order valence-electron chi connectivity index (χ0n) is 16.9. The van der Waals surface area contributed by atoms with Gasteiger partial charge in [-0.25, -0.2) is 0 Å². The van der Waals surface area contributed by atoms with Gasteiger partial charge < -0.3 is 15.5 Å². The lowest BCUT2D eigenvalue weighted by Crippen LogP contribution is -2.44. The molecule has 0 spiro atoms. The zero-order valence-corrected chi connectivity index (χ0v) is 17.9. The molecule has 0 aliphatic carbocycles. The monoisotopic (exact) mass is 382 g/mol. The summed E-state index contributed by atoms with van der Waals surface area (Å²) in [5.74, 6) is 0.0647. The topological polar surface area (TPSA) is 64.3 Å². The van der Waals surface area contributed by atoms with Crippen molar-refractivity contribution < 1.29 is 9.22 Å². The maximum atomic E-state index is 13.5. The SMILES string of the molecule is CC(C)(C)[Si](C)(C)OCCC1(c2ccccc2N)Nc2ccccc2C1=O. The quantitative estimate of drug-likeness (QED) is 0.552. The summed E-state index contributed by atoms with van der Waals surface area (Å²) in [6.07, 6.45) is 0.543. The minimum Gasteiger partial charge on any atom is -0.417 e. The molecule has 0 radical (unpaired) electrons. The minimum absolute atomic E-state index is 0.0647. The average Bonchev–Trinajstić information content (AvgIpc) is 2.88. The molecule has 1 aliphatic heterocycles. The van der Waals surface area contributed by atoms with Crippen LogP contribution in [-0.2, 0) is 9.96 Å². The summed E-state index contributed by atoms with van der Waals surface area (Å²) in [6, 6.07) is 15.3. The number of carbonyl (C=O) groups excluding carboxylic acids is 1. The Hall–Kier alpha value is -2.11. The third-order valence-electron chi connectivity index (χ3n) is 6.07. The average molecular weight is 383 g/mol. The lowest BCUT2D eigenvalue weighted by Gasteiger charge is -2.38. The molecule has 5 heteroatoms. The van der Waals surface area contributed by atoms with Crippen molar-refractivity contribution in [3.8, 4) is 0 Å². The number of benzene rings is 2. The number of nitrogens with two attached hydrogens (primary N) is 1. The van der Waals surface area contributed by atoms with E-state index in [1.807, 2.05) is 48.5 Å². The number of carbonyl (C=O) groups is 1. The van der Waals surface area contributed by atoms with Crippen molar-refractivity contribution in [2.75, 3.05) is 17.7 Å². The molecule has 0 saturated carbocycles. The van der Waals surface area contributed by atoms with Gasteiger partial charge in [0.1, 0.15) is 5.54 Å². The first-order valence-corrected chi connectivity index (χ1v) is 12.4. The second-order valence-electron chi connectivity index (χ2n) is 8.85. The molecular formula is C22H30N2O2Si. The molecule has 0 bridgehead atoms. The first-order chi connectivity index (χ1) is 12.6. The van der Waals surface area contributed by atoms with Crippen LogP contribution in [0.3, 0.4) is 0 Å². The molecule has 1 unspecified atom stereocenters. The van der Waals surface area contributed by atoms with Crippen LogP contribution in [0.4, 0.5) is 11.4 Å². The molecule has 0 saturated heterocycles. The van der Waals surface area contributed by atoms with Gasteiger partial charge in [0.05, 0.1) is 0 Å². The summed E-state index contributed by atoms with van der Waals surface area (Å²) in [4.78, 5) is 13.5. The summed E-state index contributed by atoms with van der Waals surface area (Å²) in [5.41, 5.74) is 8.43. The molecule has 4 nitrogen and oxygen atoms in total. The number of para-hydroxylation sites is 2. The first-order valence-electron chi connectivity index (χ1n) is 9.49. The van der Waals surface area contributed by atoms with E-state index in [4.69, 9.17) is 10.2 Å². The van der Waals surface area contributed by atoms with Crippen LogP contribution in [0, 0.1) is 0 Å². The molecule has 1 atom stereocenters. The number of hydrogen-bond acceptors (Lipinski definition) is 4. The van der Waals surface area contributed by atoms with Crippen LogP contribution in [-0.4, -0.2) is 20.7 Å². The maximum absolute atomic E-state index is 13.5. The van der Waals surface area contributed by atoms with Crippen molar-refractivity contribution in [1.82, 2.24) is 0 Å². The number of ketones is 1. The Kier molecular flexibility index (Phi) is 4.95. The molecule has 0 fully saturated rings. The van der Waals surface area contributed by atoms with Crippen LogP contribution in [0.2, 0.25) is 18.1 Å². The third-order valence-corrected chi connectivity index (χ3v) is 10.6. The van der Waals surface area contributed by atoms with Gasteiger partial charge in [0.25, 0.3) is 0 Å². The molecular weight excluding hydrogens is 352 g/mol. The predicted molar refractivity (Wildman–Crippen MR) is 115 cm³/mol. The molecule has 0 aromatic heterocycles. The van der Waals surface area contributed by atoms with Crippen LogP contribution < -0.4 is 11.1 Å². The third kappa shape index (κ3) is 3.41. The van der Waals surface area contributed by atoms with Gasteiger partial charge in [0.2, 0.25) is 0 Å². The van der Waals surface area contributed by atoms with Crippen molar-refractivity contribution in [2.45, 2.75) is 50.9 Å². The Bertz CT molecular complexity index is 857. The van der Waals surface area contributed by atoms with Crippen LogP contribution in [0.15, 0.2) is 48.5 Å². The molecule has 27 heavy (non-hydrogen) atoms. The van der Waals surface area contributed by atoms with Crippen molar-refractivity contribution >= 4 is 25.5 Å². The fourth-order valence-corrected chi connectivity index (χ4v) is 4.41. The van der Waals surface area contributed by atoms with E-state index in [0.29, 0.717) is 24.3 Å². The summed E-state index contributed by atoms with van der Waals surface area (Å²) >= 11 is 0. The van der Waals surface area contributed by atoms with Gasteiger partial charge in [-0.2, -0.15) is 0 Å². The fraction of sp³-hybridized carbons (Fsp3) is 0.409. The summed E-state index contributed by atoms with van der Waals surface area (Å²) in [5, 5.41) is 3.61. The fourth-order valence-electron chi connectivity index (χ4n) is 3.37. The normalized spacial score (nSPS) is 19.7. The summed E-state index contributed by atoms with van der Waals surface area (Å²) < 4.78 is 6.40. The van der Waals surface area contributed by atoms with E-state index < -0.39 is 13.9 Å². The van der Waals surface area contributed by atoms with Gasteiger partial charge in [-0.3, -0.25) is 4.79 Å². The van der Waals surface area contributed by atoms with Crippen molar-refractivity contribution in [3.63, 3.8) is 0 Å². The van der Waals surface area contributed by atoms with E-state index in [1.54, 1.807) is 0 Å². The molecule has 1 aliphatic rings. The zero-order chi connectivity index (χ0) is 19.9. The lowest BCUT2D eigenvalue weighted by molar-refractivity contribution is 0.0893. The predicted octanol–water partition coefficient (Wildman–Crippen LogP) is 5.18. The number of rotatable bonds is 5. The molecule has 0 amide bonds. The number of hydrogen-bond donors (Lipinski definition) is 2. The lowest BCUT2D eigenvalue weighted by atomic mass is 9.82. The summed E-state index contributed by atoms with van der Waals surface area (Å²) in [6.45, 7) is 11.6. The Balaban J connectivity index is 1.94. The summed E-state index contributed by atoms with van der Waals surface area (Å²) in [7, 11) is -1.90. The Labute approximate surface area is 163 Å². The highest BCUT2D eigenvalue weighted by Crippen LogP contribution is 2.44. The number of nitrogen functional groups attached to an aromatic ring is 1. The van der Waals surface area contributed by atoms with Gasteiger partial charge in [0.15, 0.2) is 14.1 Å². The van der Waals surface area contributed by atoms with Gasteiger partial charge in [0, 0.05) is 35.5 Å². The van der Waals surface area contributed by atoms with Crippen LogP contribution in [0.25, 0.3) is 0 Å². The van der Waals surface area contributed by atoms with E-state index >= 15 is 0 Å². The highest BCUT2D eigenvalue weighted by Gasteiger charge is 2.48. The van der Waals surface area contributed by atoms with Crippen LogP contribution >= 0.6 is 0 Å².